The molecule has 8 heteroatoms. The second kappa shape index (κ2) is 13.7. The highest BCUT2D eigenvalue weighted by Crippen LogP contribution is 2.17. The molecular weight excluding hydrogens is 480 g/mol. The lowest BCUT2D eigenvalue weighted by Crippen LogP contribution is -2.26. The van der Waals surface area contributed by atoms with E-state index in [0.29, 0.717) is 24.4 Å². The second-order valence-corrected chi connectivity index (χ2v) is 9.61. The van der Waals surface area contributed by atoms with Crippen molar-refractivity contribution in [2.75, 3.05) is 32.8 Å². The number of likely N-dealkylation sites (tertiary alicyclic amines) is 1. The number of benzene rings is 2. The average Bonchev–Trinajstić information content (AvgIpc) is 3.44. The van der Waals surface area contributed by atoms with Crippen LogP contribution in [0.2, 0.25) is 0 Å². The van der Waals surface area contributed by atoms with Crippen molar-refractivity contribution in [3.63, 3.8) is 0 Å². The quantitative estimate of drug-likeness (QED) is 0.292. The molecule has 1 N–H and O–H groups in total. The summed E-state index contributed by atoms with van der Waals surface area (Å²) >= 11 is 0. The van der Waals surface area contributed by atoms with Gasteiger partial charge < -0.3 is 15.0 Å². The summed E-state index contributed by atoms with van der Waals surface area (Å²) in [7, 11) is 0. The monoisotopic (exact) mass is 516 g/mol. The summed E-state index contributed by atoms with van der Waals surface area (Å²) in [4.78, 5) is 39.3. The lowest BCUT2D eigenvalue weighted by Gasteiger charge is -2.14. The molecule has 200 valence electrons. The zero-order chi connectivity index (χ0) is 26.7. The third kappa shape index (κ3) is 7.86. The van der Waals surface area contributed by atoms with Crippen molar-refractivity contribution in [2.24, 2.45) is 0 Å². The third-order valence-electron chi connectivity index (χ3n) is 6.67. The van der Waals surface area contributed by atoms with Crippen LogP contribution in [0.25, 0.3) is 11.3 Å². The van der Waals surface area contributed by atoms with Crippen LogP contribution in [0.15, 0.2) is 65.5 Å². The van der Waals surface area contributed by atoms with E-state index >= 15 is 0 Å². The maximum Gasteiger partial charge on any atom is 0.310 e. The predicted octanol–water partition coefficient (Wildman–Crippen LogP) is 3.67. The Bertz CT molecular complexity index is 1280. The zero-order valence-electron chi connectivity index (χ0n) is 22.0. The van der Waals surface area contributed by atoms with E-state index in [1.54, 1.807) is 25.1 Å². The Hall–Kier alpha value is -3.78. The lowest BCUT2D eigenvalue weighted by molar-refractivity contribution is -0.142. The van der Waals surface area contributed by atoms with Crippen LogP contribution < -0.4 is 10.9 Å². The summed E-state index contributed by atoms with van der Waals surface area (Å²) in [6.45, 7) is 6.59. The van der Waals surface area contributed by atoms with E-state index in [0.717, 1.165) is 36.1 Å². The molecule has 1 saturated heterocycles. The molecule has 2 aromatic carbocycles. The first-order valence-corrected chi connectivity index (χ1v) is 13.4. The topological polar surface area (TPSA) is 93.5 Å². The van der Waals surface area contributed by atoms with Crippen molar-refractivity contribution in [3.8, 4) is 11.3 Å². The Balaban J connectivity index is 1.34. The molecule has 1 aliphatic rings. The fourth-order valence-corrected chi connectivity index (χ4v) is 4.67. The highest BCUT2D eigenvalue weighted by molar-refractivity contribution is 5.94. The molecule has 0 saturated carbocycles. The Labute approximate surface area is 223 Å². The van der Waals surface area contributed by atoms with Crippen molar-refractivity contribution in [1.29, 1.82) is 0 Å². The number of carbonyl (C=O) groups is 2. The fourth-order valence-electron chi connectivity index (χ4n) is 4.67. The smallest absolute Gasteiger partial charge is 0.310 e. The number of nitrogens with one attached hydrogen (secondary N) is 1. The molecule has 0 radical (unpaired) electrons. The normalized spacial score (nSPS) is 13.4. The van der Waals surface area contributed by atoms with Gasteiger partial charge in [0.05, 0.1) is 25.3 Å². The molecular formula is C30H36N4O4. The average molecular weight is 517 g/mol. The van der Waals surface area contributed by atoms with Crippen LogP contribution in [0.1, 0.15) is 54.1 Å². The first-order chi connectivity index (χ1) is 18.5. The maximum atomic E-state index is 12.5. The van der Waals surface area contributed by atoms with Crippen molar-refractivity contribution in [1.82, 2.24) is 20.0 Å². The summed E-state index contributed by atoms with van der Waals surface area (Å²) in [6, 6.07) is 17.9. The van der Waals surface area contributed by atoms with E-state index < -0.39 is 0 Å². The van der Waals surface area contributed by atoms with E-state index in [4.69, 9.17) is 4.74 Å². The van der Waals surface area contributed by atoms with E-state index in [9.17, 15) is 14.4 Å². The molecule has 4 rings (SSSR count). The minimum atomic E-state index is -0.281. The molecule has 1 amide bonds. The number of hydrogen-bond donors (Lipinski definition) is 1. The van der Waals surface area contributed by atoms with Crippen LogP contribution in [0.5, 0.6) is 0 Å². The zero-order valence-corrected chi connectivity index (χ0v) is 22.0. The van der Waals surface area contributed by atoms with Gasteiger partial charge in [-0.3, -0.25) is 14.4 Å². The molecule has 3 aromatic rings. The highest BCUT2D eigenvalue weighted by Gasteiger charge is 2.11. The molecule has 0 spiro atoms. The summed E-state index contributed by atoms with van der Waals surface area (Å²) < 4.78 is 6.43. The van der Waals surface area contributed by atoms with Gasteiger partial charge >= 0.3 is 5.97 Å². The number of rotatable bonds is 12. The van der Waals surface area contributed by atoms with Gasteiger partial charge in [0.1, 0.15) is 0 Å². The van der Waals surface area contributed by atoms with Gasteiger partial charge in [-0.2, -0.15) is 5.10 Å². The summed E-state index contributed by atoms with van der Waals surface area (Å²) in [5, 5.41) is 7.55. The molecule has 1 fully saturated rings. The number of carbonyl (C=O) groups excluding carboxylic acids is 2. The molecule has 2 heterocycles. The van der Waals surface area contributed by atoms with Crippen LogP contribution in [0.3, 0.4) is 0 Å². The number of ether oxygens (including phenoxy) is 1. The fraction of sp³-hybridized carbons (Fsp3) is 0.400. The van der Waals surface area contributed by atoms with E-state index in [-0.39, 0.29) is 30.4 Å². The predicted molar refractivity (Wildman–Crippen MR) is 147 cm³/mol. The summed E-state index contributed by atoms with van der Waals surface area (Å²) in [5.74, 6) is -0.366. The van der Waals surface area contributed by atoms with Gasteiger partial charge in [0, 0.05) is 23.7 Å². The molecule has 38 heavy (non-hydrogen) atoms. The van der Waals surface area contributed by atoms with Gasteiger partial charge in [0.2, 0.25) is 0 Å². The number of unbranched alkanes of at least 4 members (excludes halogenated alkanes) is 1. The minimum absolute atomic E-state index is 0.0849. The highest BCUT2D eigenvalue weighted by atomic mass is 16.5. The Morgan fingerprint density at radius 3 is 2.50 bits per heavy atom. The first-order valence-electron chi connectivity index (χ1n) is 13.4. The molecule has 1 aliphatic heterocycles. The van der Waals surface area contributed by atoms with Gasteiger partial charge in [-0.15, -0.1) is 0 Å². The van der Waals surface area contributed by atoms with Crippen molar-refractivity contribution in [3.05, 3.63) is 87.7 Å². The first kappa shape index (κ1) is 27.3. The number of aromatic nitrogens is 2. The van der Waals surface area contributed by atoms with E-state index in [2.05, 4.69) is 15.3 Å². The van der Waals surface area contributed by atoms with Crippen molar-refractivity contribution < 1.29 is 14.3 Å². The van der Waals surface area contributed by atoms with E-state index in [1.165, 1.54) is 36.7 Å². The minimum Gasteiger partial charge on any atom is -0.466 e. The summed E-state index contributed by atoms with van der Waals surface area (Å²) in [6.07, 6.45) is 4.85. The molecule has 0 aliphatic carbocycles. The van der Waals surface area contributed by atoms with Crippen molar-refractivity contribution in [2.45, 2.75) is 45.6 Å². The van der Waals surface area contributed by atoms with Crippen LogP contribution >= 0.6 is 0 Å². The molecule has 0 unspecified atom stereocenters. The van der Waals surface area contributed by atoms with E-state index in [1.807, 2.05) is 36.4 Å². The summed E-state index contributed by atoms with van der Waals surface area (Å²) in [5.41, 5.74) is 3.53. The van der Waals surface area contributed by atoms with Crippen LogP contribution in [0, 0.1) is 0 Å². The van der Waals surface area contributed by atoms with Crippen molar-refractivity contribution >= 4 is 11.9 Å². The SMILES string of the molecule is CCOC(=O)Cc1cccc(Cn2nc(-c3ccc(C(=O)NCCCCN4CCCC4)cc3)ccc2=O)c1. The Morgan fingerprint density at radius 1 is 0.974 bits per heavy atom. The standard InChI is InChI=1S/C30H36N4O4/c1-2-38-29(36)21-23-8-7-9-24(20-23)22-34-28(35)15-14-27(32-34)25-10-12-26(13-11-25)30(37)31-16-3-4-17-33-18-5-6-19-33/h7-15,20H,2-6,16-19,21-22H2,1H3,(H,31,37). The van der Waals surface area contributed by atoms with Gasteiger partial charge in [-0.1, -0.05) is 36.4 Å². The number of nitrogens with zero attached hydrogens (tertiary/aromatic N) is 3. The van der Waals surface area contributed by atoms with Crippen LogP contribution in [-0.2, 0) is 22.5 Å². The van der Waals surface area contributed by atoms with Crippen LogP contribution in [-0.4, -0.2) is 59.3 Å². The van der Waals surface area contributed by atoms with Crippen LogP contribution in [0.4, 0.5) is 0 Å². The Kier molecular flexibility index (Phi) is 9.81. The largest absolute Gasteiger partial charge is 0.466 e. The maximum absolute atomic E-state index is 12.5. The molecule has 8 nitrogen and oxygen atoms in total. The van der Waals surface area contributed by atoms with Gasteiger partial charge in [-0.05, 0) is 81.6 Å². The Morgan fingerprint density at radius 2 is 1.74 bits per heavy atom. The van der Waals surface area contributed by atoms with Gasteiger partial charge in [0.25, 0.3) is 11.5 Å². The number of hydrogen-bond acceptors (Lipinski definition) is 6. The number of esters is 1. The third-order valence-corrected chi connectivity index (χ3v) is 6.67. The van der Waals surface area contributed by atoms with Gasteiger partial charge in [-0.25, -0.2) is 4.68 Å². The molecule has 0 bridgehead atoms. The molecule has 1 aromatic heterocycles. The number of amides is 1. The van der Waals surface area contributed by atoms with Gasteiger partial charge in [0.15, 0.2) is 0 Å². The lowest BCUT2D eigenvalue weighted by atomic mass is 10.1. The molecule has 0 atom stereocenters. The second-order valence-electron chi connectivity index (χ2n) is 9.61.